The minimum atomic E-state index is -0.413. The van der Waals surface area contributed by atoms with Crippen molar-refractivity contribution in [3.8, 4) is 5.75 Å². The summed E-state index contributed by atoms with van der Waals surface area (Å²) in [5.41, 5.74) is 6.58. The van der Waals surface area contributed by atoms with Gasteiger partial charge in [-0.3, -0.25) is 0 Å². The molecule has 0 spiro atoms. The number of rotatable bonds is 2. The molecule has 0 atom stereocenters. The molecule has 0 unspecified atom stereocenters. The molecular weight excluding hydrogens is 202 g/mol. The quantitative estimate of drug-likeness (QED) is 0.811. The number of nitrogens with two attached hydrogens (primary N) is 1. The summed E-state index contributed by atoms with van der Waals surface area (Å²) in [6, 6.07) is 5.52. The Hall–Kier alpha value is -0.770. The minimum Gasteiger partial charge on any atom is -0.497 e. The number of halogens is 1. The summed E-state index contributed by atoms with van der Waals surface area (Å²) in [6.45, 7) is 1.05. The summed E-state index contributed by atoms with van der Waals surface area (Å²) in [5, 5.41) is 0.634. The molecule has 0 amide bonds. The van der Waals surface area contributed by atoms with E-state index < -0.39 is 5.54 Å². The SMILES string of the molecule is COc1ccc(C2(N)COC2)c(Cl)c1. The first kappa shape index (κ1) is 9.77. The fourth-order valence-electron chi connectivity index (χ4n) is 1.50. The number of ether oxygens (including phenoxy) is 2. The molecule has 4 heteroatoms. The number of benzene rings is 1. The van der Waals surface area contributed by atoms with Crippen LogP contribution < -0.4 is 10.5 Å². The van der Waals surface area contributed by atoms with Crippen LogP contribution in [0.25, 0.3) is 0 Å². The normalized spacial score (nSPS) is 18.8. The zero-order valence-corrected chi connectivity index (χ0v) is 8.67. The zero-order valence-electron chi connectivity index (χ0n) is 7.92. The van der Waals surface area contributed by atoms with E-state index in [1.165, 1.54) is 0 Å². The summed E-state index contributed by atoms with van der Waals surface area (Å²) in [4.78, 5) is 0. The monoisotopic (exact) mass is 213 g/mol. The van der Waals surface area contributed by atoms with Crippen molar-refractivity contribution >= 4 is 11.6 Å². The first-order valence-corrected chi connectivity index (χ1v) is 4.74. The van der Waals surface area contributed by atoms with Crippen molar-refractivity contribution in [3.63, 3.8) is 0 Å². The highest BCUT2D eigenvalue weighted by Crippen LogP contribution is 2.33. The molecule has 1 aliphatic rings. The summed E-state index contributed by atoms with van der Waals surface area (Å²) in [5.74, 6) is 0.739. The van der Waals surface area contributed by atoms with Crippen LogP contribution in [0.1, 0.15) is 5.56 Å². The lowest BCUT2D eigenvalue weighted by molar-refractivity contribution is -0.0568. The van der Waals surface area contributed by atoms with Crippen LogP contribution in [0.5, 0.6) is 5.75 Å². The molecule has 0 aliphatic carbocycles. The van der Waals surface area contributed by atoms with Gasteiger partial charge in [-0.15, -0.1) is 0 Å². The Morgan fingerprint density at radius 1 is 1.50 bits per heavy atom. The fourth-order valence-corrected chi connectivity index (χ4v) is 1.86. The van der Waals surface area contributed by atoms with Crippen molar-refractivity contribution in [1.29, 1.82) is 0 Å². The second-order valence-corrected chi connectivity index (χ2v) is 3.90. The Labute approximate surface area is 87.8 Å². The Kier molecular flexibility index (Phi) is 2.39. The lowest BCUT2D eigenvalue weighted by atomic mass is 9.89. The predicted molar refractivity (Wildman–Crippen MR) is 54.7 cm³/mol. The summed E-state index contributed by atoms with van der Waals surface area (Å²) in [6.07, 6.45) is 0. The van der Waals surface area contributed by atoms with Crippen LogP contribution in [0, 0.1) is 0 Å². The molecule has 3 nitrogen and oxygen atoms in total. The van der Waals surface area contributed by atoms with Gasteiger partial charge in [-0.2, -0.15) is 0 Å². The fraction of sp³-hybridized carbons (Fsp3) is 0.400. The van der Waals surface area contributed by atoms with E-state index in [1.54, 1.807) is 13.2 Å². The van der Waals surface area contributed by atoms with Crippen molar-refractivity contribution in [2.24, 2.45) is 5.73 Å². The average Bonchev–Trinajstić information content (AvgIpc) is 2.14. The van der Waals surface area contributed by atoms with Gasteiger partial charge >= 0.3 is 0 Å². The van der Waals surface area contributed by atoms with E-state index in [9.17, 15) is 0 Å². The van der Waals surface area contributed by atoms with Crippen LogP contribution in [0.15, 0.2) is 18.2 Å². The van der Waals surface area contributed by atoms with Crippen LogP contribution in [-0.2, 0) is 10.3 Å². The van der Waals surface area contributed by atoms with Gasteiger partial charge in [0, 0.05) is 5.02 Å². The van der Waals surface area contributed by atoms with Gasteiger partial charge in [0.2, 0.25) is 0 Å². The van der Waals surface area contributed by atoms with E-state index in [2.05, 4.69) is 0 Å². The van der Waals surface area contributed by atoms with Crippen molar-refractivity contribution in [2.45, 2.75) is 5.54 Å². The first-order chi connectivity index (χ1) is 6.65. The van der Waals surface area contributed by atoms with Crippen molar-refractivity contribution in [1.82, 2.24) is 0 Å². The van der Waals surface area contributed by atoms with E-state index in [1.807, 2.05) is 12.1 Å². The third-order valence-electron chi connectivity index (χ3n) is 2.43. The molecule has 1 heterocycles. The summed E-state index contributed by atoms with van der Waals surface area (Å²) in [7, 11) is 1.61. The van der Waals surface area contributed by atoms with Crippen molar-refractivity contribution in [3.05, 3.63) is 28.8 Å². The summed E-state index contributed by atoms with van der Waals surface area (Å²) >= 11 is 6.09. The number of methoxy groups -OCH3 is 1. The topological polar surface area (TPSA) is 44.5 Å². The molecule has 0 aromatic heterocycles. The van der Waals surface area contributed by atoms with Gasteiger partial charge in [0.05, 0.1) is 25.9 Å². The first-order valence-electron chi connectivity index (χ1n) is 4.36. The zero-order chi connectivity index (χ0) is 10.2. The molecule has 1 fully saturated rings. The Bertz CT molecular complexity index is 350. The molecule has 2 rings (SSSR count). The number of hydrogen-bond acceptors (Lipinski definition) is 3. The van der Waals surface area contributed by atoms with Gasteiger partial charge in [0.25, 0.3) is 0 Å². The highest BCUT2D eigenvalue weighted by molar-refractivity contribution is 6.31. The van der Waals surface area contributed by atoms with Gasteiger partial charge in [-0.25, -0.2) is 0 Å². The standard InChI is InChI=1S/C10H12ClNO2/c1-13-7-2-3-8(9(11)4-7)10(12)5-14-6-10/h2-4H,5-6,12H2,1H3. The molecule has 1 aliphatic heterocycles. The Morgan fingerprint density at radius 3 is 2.64 bits per heavy atom. The van der Waals surface area contributed by atoms with Gasteiger partial charge in [0.1, 0.15) is 5.75 Å². The molecular formula is C10H12ClNO2. The van der Waals surface area contributed by atoms with Crippen LogP contribution >= 0.6 is 11.6 Å². The van der Waals surface area contributed by atoms with Crippen LogP contribution in [-0.4, -0.2) is 20.3 Å². The lowest BCUT2D eigenvalue weighted by Crippen LogP contribution is -2.54. The van der Waals surface area contributed by atoms with Crippen molar-refractivity contribution < 1.29 is 9.47 Å². The van der Waals surface area contributed by atoms with Gasteiger partial charge in [0.15, 0.2) is 0 Å². The van der Waals surface area contributed by atoms with Crippen LogP contribution in [0.3, 0.4) is 0 Å². The Balaban J connectivity index is 2.35. The number of hydrogen-bond donors (Lipinski definition) is 1. The van der Waals surface area contributed by atoms with Gasteiger partial charge in [-0.1, -0.05) is 17.7 Å². The molecule has 0 saturated carbocycles. The molecule has 14 heavy (non-hydrogen) atoms. The molecule has 76 valence electrons. The highest BCUT2D eigenvalue weighted by Gasteiger charge is 2.37. The minimum absolute atomic E-state index is 0.413. The largest absolute Gasteiger partial charge is 0.497 e. The molecule has 1 aromatic carbocycles. The molecule has 0 bridgehead atoms. The molecule has 0 radical (unpaired) electrons. The van der Waals surface area contributed by atoms with Crippen molar-refractivity contribution in [2.75, 3.05) is 20.3 Å². The maximum absolute atomic E-state index is 6.09. The van der Waals surface area contributed by atoms with E-state index in [0.717, 1.165) is 11.3 Å². The van der Waals surface area contributed by atoms with E-state index in [-0.39, 0.29) is 0 Å². The van der Waals surface area contributed by atoms with Crippen LogP contribution in [0.2, 0.25) is 5.02 Å². The second kappa shape index (κ2) is 3.42. The van der Waals surface area contributed by atoms with E-state index in [0.29, 0.717) is 18.2 Å². The maximum atomic E-state index is 6.09. The summed E-state index contributed by atoms with van der Waals surface area (Å²) < 4.78 is 10.1. The highest BCUT2D eigenvalue weighted by atomic mass is 35.5. The lowest BCUT2D eigenvalue weighted by Gasteiger charge is -2.38. The molecule has 2 N–H and O–H groups in total. The van der Waals surface area contributed by atoms with Gasteiger partial charge < -0.3 is 15.2 Å². The maximum Gasteiger partial charge on any atom is 0.120 e. The molecule has 1 saturated heterocycles. The van der Waals surface area contributed by atoms with E-state index >= 15 is 0 Å². The average molecular weight is 214 g/mol. The predicted octanol–water partition coefficient (Wildman–Crippen LogP) is 1.53. The van der Waals surface area contributed by atoms with E-state index in [4.69, 9.17) is 26.8 Å². The third kappa shape index (κ3) is 1.47. The van der Waals surface area contributed by atoms with Gasteiger partial charge in [-0.05, 0) is 17.7 Å². The Morgan fingerprint density at radius 2 is 2.21 bits per heavy atom. The van der Waals surface area contributed by atoms with Crippen LogP contribution in [0.4, 0.5) is 0 Å². The molecule has 1 aromatic rings. The smallest absolute Gasteiger partial charge is 0.120 e. The second-order valence-electron chi connectivity index (χ2n) is 3.49. The third-order valence-corrected chi connectivity index (χ3v) is 2.74.